The Labute approximate surface area is 182 Å². The Bertz CT molecular complexity index is 910. The van der Waals surface area contributed by atoms with Crippen LogP contribution in [-0.4, -0.2) is 68.8 Å². The lowest BCUT2D eigenvalue weighted by Gasteiger charge is -2.35. The molecule has 1 heterocycles. The molecule has 3 rings (SSSR count). The van der Waals surface area contributed by atoms with Gasteiger partial charge in [0, 0.05) is 44.0 Å². The van der Waals surface area contributed by atoms with Gasteiger partial charge in [0.25, 0.3) is 5.91 Å². The Morgan fingerprint density at radius 1 is 0.968 bits per heavy atom. The Morgan fingerprint density at radius 3 is 2.39 bits per heavy atom. The van der Waals surface area contributed by atoms with Crippen LogP contribution < -0.4 is 14.8 Å². The highest BCUT2D eigenvalue weighted by atomic mass is 16.5. The van der Waals surface area contributed by atoms with Gasteiger partial charge in [0.15, 0.2) is 11.5 Å². The quantitative estimate of drug-likeness (QED) is 0.731. The molecule has 166 valence electrons. The van der Waals surface area contributed by atoms with Crippen molar-refractivity contribution in [3.05, 3.63) is 53.6 Å². The molecule has 31 heavy (non-hydrogen) atoms. The van der Waals surface area contributed by atoms with Crippen molar-refractivity contribution in [3.8, 4) is 11.5 Å². The maximum absolute atomic E-state index is 12.9. The predicted molar refractivity (Wildman–Crippen MR) is 118 cm³/mol. The molecular weight excluding hydrogens is 398 g/mol. The Balaban J connectivity index is 1.56. The number of benzene rings is 2. The average molecular weight is 428 g/mol. The van der Waals surface area contributed by atoms with E-state index in [9.17, 15) is 9.59 Å². The van der Waals surface area contributed by atoms with Gasteiger partial charge < -0.3 is 19.1 Å². The number of carbonyl (C=O) groups excluding carboxylic acids is 2. The lowest BCUT2D eigenvalue weighted by atomic mass is 10.1. The third kappa shape index (κ3) is 5.88. The van der Waals surface area contributed by atoms with Crippen molar-refractivity contribution in [2.75, 3.05) is 52.3 Å². The van der Waals surface area contributed by atoms with E-state index in [1.165, 1.54) is 0 Å². The first-order chi connectivity index (χ1) is 15.0. The smallest absolute Gasteiger partial charge is 0.411 e. The van der Waals surface area contributed by atoms with Gasteiger partial charge in [0.05, 0.1) is 20.8 Å². The van der Waals surface area contributed by atoms with Crippen LogP contribution in [0.25, 0.3) is 0 Å². The number of anilines is 1. The molecule has 1 saturated heterocycles. The molecule has 2 amide bonds. The van der Waals surface area contributed by atoms with E-state index in [0.29, 0.717) is 35.8 Å². The number of hydrogen-bond acceptors (Lipinski definition) is 6. The molecule has 0 bridgehead atoms. The molecule has 0 aliphatic carbocycles. The summed E-state index contributed by atoms with van der Waals surface area (Å²) >= 11 is 0. The summed E-state index contributed by atoms with van der Waals surface area (Å²) in [7, 11) is 3.25. The number of ether oxygens (including phenoxy) is 3. The molecular formula is C23H29N3O5. The molecule has 1 aliphatic heterocycles. The molecule has 2 aromatic carbocycles. The molecule has 1 N–H and O–H groups in total. The van der Waals surface area contributed by atoms with Gasteiger partial charge in [-0.25, -0.2) is 4.79 Å². The van der Waals surface area contributed by atoms with Gasteiger partial charge in [-0.2, -0.15) is 0 Å². The number of nitrogens with zero attached hydrogens (tertiary/aromatic N) is 2. The molecule has 0 unspecified atom stereocenters. The summed E-state index contributed by atoms with van der Waals surface area (Å²) in [5.41, 5.74) is 2.22. The summed E-state index contributed by atoms with van der Waals surface area (Å²) in [4.78, 5) is 28.7. The molecule has 8 nitrogen and oxygen atoms in total. The van der Waals surface area contributed by atoms with Crippen molar-refractivity contribution >= 4 is 17.7 Å². The average Bonchev–Trinajstić information content (AvgIpc) is 2.79. The topological polar surface area (TPSA) is 80.3 Å². The minimum atomic E-state index is -0.532. The van der Waals surface area contributed by atoms with Gasteiger partial charge in [0.1, 0.15) is 0 Å². The molecule has 0 saturated carbocycles. The predicted octanol–water partition coefficient (Wildman–Crippen LogP) is 3.23. The molecule has 0 spiro atoms. The molecule has 0 radical (unpaired) electrons. The van der Waals surface area contributed by atoms with Gasteiger partial charge in [-0.15, -0.1) is 0 Å². The second kappa shape index (κ2) is 10.7. The zero-order valence-electron chi connectivity index (χ0n) is 18.2. The lowest BCUT2D eigenvalue weighted by Crippen LogP contribution is -2.48. The standard InChI is InChI=1S/C23H29N3O5/c1-4-31-23(28)24-19-7-5-6-18(15-19)22(27)26-12-10-25(11-13-26)16-17-8-9-20(29-2)21(14-17)30-3/h5-9,14-15H,4,10-13,16H2,1-3H3,(H,24,28). The molecule has 1 aliphatic rings. The van der Waals surface area contributed by atoms with Crippen LogP contribution in [-0.2, 0) is 11.3 Å². The van der Waals surface area contributed by atoms with E-state index in [1.807, 2.05) is 23.1 Å². The van der Waals surface area contributed by atoms with E-state index in [2.05, 4.69) is 10.2 Å². The monoisotopic (exact) mass is 427 g/mol. The maximum atomic E-state index is 12.9. The van der Waals surface area contributed by atoms with Gasteiger partial charge in [-0.1, -0.05) is 12.1 Å². The van der Waals surface area contributed by atoms with E-state index in [0.717, 1.165) is 25.2 Å². The van der Waals surface area contributed by atoms with Crippen LogP contribution in [0, 0.1) is 0 Å². The van der Waals surface area contributed by atoms with Crippen molar-refractivity contribution in [1.82, 2.24) is 9.80 Å². The highest BCUT2D eigenvalue weighted by Gasteiger charge is 2.22. The number of methoxy groups -OCH3 is 2. The van der Waals surface area contributed by atoms with E-state index in [-0.39, 0.29) is 12.5 Å². The van der Waals surface area contributed by atoms with E-state index >= 15 is 0 Å². The van der Waals surface area contributed by atoms with Crippen LogP contribution >= 0.6 is 0 Å². The number of carbonyl (C=O) groups is 2. The van der Waals surface area contributed by atoms with Crippen molar-refractivity contribution in [1.29, 1.82) is 0 Å². The SMILES string of the molecule is CCOC(=O)Nc1cccc(C(=O)N2CCN(Cc3ccc(OC)c(OC)c3)CC2)c1. The first kappa shape index (κ1) is 22.4. The second-order valence-electron chi connectivity index (χ2n) is 7.18. The van der Waals surface area contributed by atoms with Crippen molar-refractivity contribution < 1.29 is 23.8 Å². The Morgan fingerprint density at radius 2 is 1.71 bits per heavy atom. The van der Waals surface area contributed by atoms with Crippen LogP contribution in [0.1, 0.15) is 22.8 Å². The minimum Gasteiger partial charge on any atom is -0.493 e. The fraction of sp³-hybridized carbons (Fsp3) is 0.391. The van der Waals surface area contributed by atoms with Crippen molar-refractivity contribution in [2.45, 2.75) is 13.5 Å². The van der Waals surface area contributed by atoms with Crippen molar-refractivity contribution in [2.24, 2.45) is 0 Å². The number of piperazine rings is 1. The number of nitrogens with one attached hydrogen (secondary N) is 1. The number of amides is 2. The third-order valence-electron chi connectivity index (χ3n) is 5.14. The molecule has 8 heteroatoms. The fourth-order valence-corrected chi connectivity index (χ4v) is 3.54. The summed E-state index contributed by atoms with van der Waals surface area (Å²) in [5.74, 6) is 1.38. The highest BCUT2D eigenvalue weighted by Crippen LogP contribution is 2.28. The van der Waals surface area contributed by atoms with Crippen LogP contribution in [0.3, 0.4) is 0 Å². The van der Waals surface area contributed by atoms with E-state index in [4.69, 9.17) is 14.2 Å². The first-order valence-electron chi connectivity index (χ1n) is 10.3. The van der Waals surface area contributed by atoms with E-state index < -0.39 is 6.09 Å². The van der Waals surface area contributed by atoms with Crippen LogP contribution in [0.15, 0.2) is 42.5 Å². The van der Waals surface area contributed by atoms with Crippen molar-refractivity contribution in [3.63, 3.8) is 0 Å². The third-order valence-corrected chi connectivity index (χ3v) is 5.14. The summed E-state index contributed by atoms with van der Waals surface area (Å²) in [6, 6.07) is 12.8. The fourth-order valence-electron chi connectivity index (χ4n) is 3.54. The lowest BCUT2D eigenvalue weighted by molar-refractivity contribution is 0.0628. The van der Waals surface area contributed by atoms with Crippen LogP contribution in [0.2, 0.25) is 0 Å². The van der Waals surface area contributed by atoms with Gasteiger partial charge >= 0.3 is 6.09 Å². The summed E-state index contributed by atoms with van der Waals surface area (Å²) in [6.07, 6.45) is -0.532. The maximum Gasteiger partial charge on any atom is 0.411 e. The second-order valence-corrected chi connectivity index (χ2v) is 7.18. The van der Waals surface area contributed by atoms with Gasteiger partial charge in [-0.05, 0) is 42.8 Å². The van der Waals surface area contributed by atoms with Crippen LogP contribution in [0.4, 0.5) is 10.5 Å². The van der Waals surface area contributed by atoms with E-state index in [1.54, 1.807) is 45.4 Å². The summed E-state index contributed by atoms with van der Waals surface area (Å²) < 4.78 is 15.6. The molecule has 0 aromatic heterocycles. The number of hydrogen-bond donors (Lipinski definition) is 1. The zero-order chi connectivity index (χ0) is 22.2. The minimum absolute atomic E-state index is 0.0433. The Kier molecular flexibility index (Phi) is 7.72. The molecule has 1 fully saturated rings. The number of rotatable bonds is 7. The highest BCUT2D eigenvalue weighted by molar-refractivity contribution is 5.96. The summed E-state index contributed by atoms with van der Waals surface area (Å²) in [5, 5.41) is 2.63. The molecule has 0 atom stereocenters. The first-order valence-corrected chi connectivity index (χ1v) is 10.3. The summed E-state index contributed by atoms with van der Waals surface area (Å²) in [6.45, 7) is 5.65. The zero-order valence-corrected chi connectivity index (χ0v) is 18.2. The molecule has 2 aromatic rings. The van der Waals surface area contributed by atoms with Gasteiger partial charge in [-0.3, -0.25) is 15.0 Å². The van der Waals surface area contributed by atoms with Gasteiger partial charge in [0.2, 0.25) is 0 Å². The van der Waals surface area contributed by atoms with Crippen LogP contribution in [0.5, 0.6) is 11.5 Å². The largest absolute Gasteiger partial charge is 0.493 e. The Hall–Kier alpha value is -3.26. The normalized spacial score (nSPS) is 14.1.